The summed E-state index contributed by atoms with van der Waals surface area (Å²) in [6.45, 7) is 4.11. The molecule has 0 bridgehead atoms. The van der Waals surface area contributed by atoms with Crippen LogP contribution in [0.15, 0.2) is 41.7 Å². The molecule has 0 unspecified atom stereocenters. The number of allylic oxidation sites excluding steroid dienone is 2. The second-order valence-electron chi connectivity index (χ2n) is 6.90. The molecule has 22 heavy (non-hydrogen) atoms. The summed E-state index contributed by atoms with van der Waals surface area (Å²) in [5.41, 5.74) is 7.54. The van der Waals surface area contributed by atoms with Gasteiger partial charge in [0.1, 0.15) is 11.7 Å². The molecule has 3 rings (SSSR count). The minimum Gasteiger partial charge on any atom is -0.478 e. The summed E-state index contributed by atoms with van der Waals surface area (Å²) in [6.07, 6.45) is 0.463. The van der Waals surface area contributed by atoms with Gasteiger partial charge in [0.2, 0.25) is 0 Å². The lowest BCUT2D eigenvalue weighted by atomic mass is 9.68. The number of carbonyl (C=O) groups is 1. The fraction of sp³-hybridized carbons (Fsp3) is 0.444. The molecule has 4 heteroatoms. The van der Waals surface area contributed by atoms with E-state index < -0.39 is 12.1 Å². The number of rotatable bonds is 1. The first-order valence-electron chi connectivity index (χ1n) is 7.56. The van der Waals surface area contributed by atoms with Crippen LogP contribution in [0.3, 0.4) is 0 Å². The zero-order valence-corrected chi connectivity index (χ0v) is 12.9. The van der Waals surface area contributed by atoms with E-state index in [2.05, 4.69) is 19.9 Å². The summed E-state index contributed by atoms with van der Waals surface area (Å²) in [5, 5.41) is 9.53. The molecule has 0 saturated carbocycles. The van der Waals surface area contributed by atoms with Crippen LogP contribution in [-0.4, -0.2) is 12.0 Å². The Labute approximate surface area is 130 Å². The molecular weight excluding hydrogens is 276 g/mol. The van der Waals surface area contributed by atoms with Crippen molar-refractivity contribution in [2.45, 2.75) is 38.8 Å². The minimum absolute atomic E-state index is 0.0762. The highest BCUT2D eigenvalue weighted by Gasteiger charge is 2.46. The van der Waals surface area contributed by atoms with Crippen molar-refractivity contribution in [1.82, 2.24) is 0 Å². The molecule has 0 aromatic heterocycles. The molecule has 0 radical (unpaired) electrons. The fourth-order valence-electron chi connectivity index (χ4n) is 3.52. The number of nitrogens with zero attached hydrogens (tertiary/aromatic N) is 1. The first-order chi connectivity index (χ1) is 10.4. The van der Waals surface area contributed by atoms with Gasteiger partial charge in [0.15, 0.2) is 12.0 Å². The first kappa shape index (κ1) is 14.8. The number of ketones is 1. The van der Waals surface area contributed by atoms with Crippen LogP contribution >= 0.6 is 0 Å². The van der Waals surface area contributed by atoms with Gasteiger partial charge in [-0.15, -0.1) is 0 Å². The van der Waals surface area contributed by atoms with E-state index in [1.807, 2.05) is 30.3 Å². The van der Waals surface area contributed by atoms with Gasteiger partial charge in [-0.1, -0.05) is 44.2 Å². The van der Waals surface area contributed by atoms with Gasteiger partial charge in [0.25, 0.3) is 0 Å². The van der Waals surface area contributed by atoms with Crippen LogP contribution in [0.5, 0.6) is 0 Å². The molecule has 0 fully saturated rings. The van der Waals surface area contributed by atoms with E-state index in [1.54, 1.807) is 0 Å². The third-order valence-electron chi connectivity index (χ3n) is 4.49. The van der Waals surface area contributed by atoms with Crippen molar-refractivity contribution in [2.24, 2.45) is 17.1 Å². The van der Waals surface area contributed by atoms with Gasteiger partial charge in [0, 0.05) is 24.3 Å². The molecule has 1 aromatic rings. The third kappa shape index (κ3) is 2.42. The Hall–Kier alpha value is -2.12. The molecule has 4 nitrogen and oxygen atoms in total. The van der Waals surface area contributed by atoms with E-state index in [4.69, 9.17) is 10.5 Å². The Kier molecular flexibility index (Phi) is 3.54. The number of ether oxygens (including phenoxy) is 1. The van der Waals surface area contributed by atoms with Gasteiger partial charge in [-0.25, -0.2) is 0 Å². The summed E-state index contributed by atoms with van der Waals surface area (Å²) < 4.78 is 5.77. The van der Waals surface area contributed by atoms with Crippen LogP contribution in [0, 0.1) is 22.7 Å². The maximum absolute atomic E-state index is 12.7. The number of nitrogens with two attached hydrogens (primary N) is 1. The van der Waals surface area contributed by atoms with E-state index >= 15 is 0 Å². The Bertz CT molecular complexity index is 670. The molecule has 2 N–H and O–H groups in total. The molecule has 1 heterocycles. The zero-order chi connectivity index (χ0) is 15.9. The second-order valence-corrected chi connectivity index (χ2v) is 6.90. The molecule has 0 amide bonds. The van der Waals surface area contributed by atoms with Crippen molar-refractivity contribution in [3.05, 3.63) is 47.2 Å². The maximum Gasteiger partial charge on any atom is 0.164 e. The number of benzene rings is 1. The Morgan fingerprint density at radius 1 is 1.27 bits per heavy atom. The topological polar surface area (TPSA) is 76.1 Å². The predicted octanol–water partition coefficient (Wildman–Crippen LogP) is 2.87. The normalized spacial score (nSPS) is 30.3. The van der Waals surface area contributed by atoms with Crippen LogP contribution in [-0.2, 0) is 9.53 Å². The molecular formula is C18H20N2O2. The second kappa shape index (κ2) is 5.26. The van der Waals surface area contributed by atoms with Crippen LogP contribution in [0.4, 0.5) is 0 Å². The quantitative estimate of drug-likeness (QED) is 0.864. The smallest absolute Gasteiger partial charge is 0.164 e. The summed E-state index contributed by atoms with van der Waals surface area (Å²) in [7, 11) is 0. The van der Waals surface area contributed by atoms with Crippen molar-refractivity contribution in [2.75, 3.05) is 0 Å². The zero-order valence-electron chi connectivity index (χ0n) is 12.9. The lowest BCUT2D eigenvalue weighted by Gasteiger charge is -2.41. The monoisotopic (exact) mass is 296 g/mol. The van der Waals surface area contributed by atoms with E-state index in [9.17, 15) is 10.1 Å². The van der Waals surface area contributed by atoms with Crippen LogP contribution in [0.1, 0.15) is 38.2 Å². The van der Waals surface area contributed by atoms with Crippen molar-refractivity contribution in [3.8, 4) is 6.07 Å². The lowest BCUT2D eigenvalue weighted by Crippen LogP contribution is -2.44. The number of nitriles is 1. The van der Waals surface area contributed by atoms with Gasteiger partial charge in [-0.2, -0.15) is 5.26 Å². The van der Waals surface area contributed by atoms with Crippen molar-refractivity contribution in [3.63, 3.8) is 0 Å². The number of hydrogen-bond acceptors (Lipinski definition) is 4. The molecule has 1 aromatic carbocycles. The van der Waals surface area contributed by atoms with Gasteiger partial charge < -0.3 is 4.74 Å². The average molecular weight is 296 g/mol. The number of Topliss-reactive ketones (excluding diaryl/α,β-unsaturated/α-hetero) is 1. The lowest BCUT2D eigenvalue weighted by molar-refractivity contribution is -0.120. The van der Waals surface area contributed by atoms with Gasteiger partial charge >= 0.3 is 0 Å². The van der Waals surface area contributed by atoms with E-state index in [0.29, 0.717) is 24.2 Å². The van der Waals surface area contributed by atoms with E-state index in [-0.39, 0.29) is 17.1 Å². The highest BCUT2D eigenvalue weighted by molar-refractivity contribution is 5.99. The average Bonchev–Trinajstić information content (AvgIpc) is 2.45. The largest absolute Gasteiger partial charge is 0.478 e. The van der Waals surface area contributed by atoms with Gasteiger partial charge in [-0.3, -0.25) is 10.5 Å². The molecule has 0 spiro atoms. The number of carbonyl (C=O) groups excluding carboxylic acids is 1. The Morgan fingerprint density at radius 3 is 2.59 bits per heavy atom. The summed E-state index contributed by atoms with van der Waals surface area (Å²) >= 11 is 0. The Balaban J connectivity index is 2.15. The van der Waals surface area contributed by atoms with Crippen molar-refractivity contribution >= 4 is 5.78 Å². The van der Waals surface area contributed by atoms with Crippen LogP contribution in [0.2, 0.25) is 0 Å². The van der Waals surface area contributed by atoms with Gasteiger partial charge in [-0.05, 0) is 11.0 Å². The minimum atomic E-state index is -0.698. The summed E-state index contributed by atoms with van der Waals surface area (Å²) in [5.74, 6) is -0.0961. The molecule has 0 saturated heterocycles. The summed E-state index contributed by atoms with van der Waals surface area (Å²) in [4.78, 5) is 12.7. The highest BCUT2D eigenvalue weighted by atomic mass is 16.5. The van der Waals surface area contributed by atoms with Crippen molar-refractivity contribution in [1.29, 1.82) is 5.26 Å². The van der Waals surface area contributed by atoms with Crippen molar-refractivity contribution < 1.29 is 9.53 Å². The molecule has 2 aliphatic rings. The molecule has 1 aliphatic heterocycles. The Morgan fingerprint density at radius 2 is 1.95 bits per heavy atom. The molecule has 1 aliphatic carbocycles. The standard InChI is InChI=1S/C18H20N2O2/c1-18(2)8-13(21)16-14(9-18)22-17(20)12(10-19)15(16)11-6-4-3-5-7-11/h3-7,12,15,17H,8-9,20H2,1-2H3/t12-,15+,17+/m1/s1. The van der Waals surface area contributed by atoms with E-state index in [1.165, 1.54) is 0 Å². The maximum atomic E-state index is 12.7. The van der Waals surface area contributed by atoms with Crippen LogP contribution in [0.25, 0.3) is 0 Å². The third-order valence-corrected chi connectivity index (χ3v) is 4.49. The highest BCUT2D eigenvalue weighted by Crippen LogP contribution is 2.48. The van der Waals surface area contributed by atoms with E-state index in [0.717, 1.165) is 5.56 Å². The molecule has 114 valence electrons. The number of hydrogen-bond donors (Lipinski definition) is 1. The fourth-order valence-corrected chi connectivity index (χ4v) is 3.52. The first-order valence-corrected chi connectivity index (χ1v) is 7.56. The SMILES string of the molecule is CC1(C)CC(=O)C2=C(C1)O[C@H](N)[C@H](C#N)[C@@H]2c1ccccc1. The van der Waals surface area contributed by atoms with Gasteiger partial charge in [0.05, 0.1) is 6.07 Å². The molecule has 3 atom stereocenters. The summed E-state index contributed by atoms with van der Waals surface area (Å²) in [6, 6.07) is 11.9. The predicted molar refractivity (Wildman–Crippen MR) is 82.4 cm³/mol. The van der Waals surface area contributed by atoms with Crippen LogP contribution < -0.4 is 5.73 Å².